The van der Waals surface area contributed by atoms with Crippen molar-refractivity contribution >= 4 is 0 Å². The molecule has 3 aliphatic carbocycles. The van der Waals surface area contributed by atoms with Gasteiger partial charge >= 0.3 is 0 Å². The molecular weight excluding hydrogens is 284 g/mol. The van der Waals surface area contributed by atoms with E-state index in [-0.39, 0.29) is 17.3 Å². The summed E-state index contributed by atoms with van der Waals surface area (Å²) in [5, 5.41) is 10.3. The largest absolute Gasteiger partial charge is 0.393 e. The van der Waals surface area contributed by atoms with E-state index in [2.05, 4.69) is 32.9 Å². The van der Waals surface area contributed by atoms with Crippen LogP contribution in [0.25, 0.3) is 0 Å². The summed E-state index contributed by atoms with van der Waals surface area (Å²) < 4.78 is 7.03. The van der Waals surface area contributed by atoms with Crippen LogP contribution >= 0.6 is 0 Å². The van der Waals surface area contributed by atoms with Gasteiger partial charge in [0.2, 0.25) is 0 Å². The van der Waals surface area contributed by atoms with Crippen LogP contribution in [0.4, 0.5) is 0 Å². The van der Waals surface area contributed by atoms with Gasteiger partial charge in [0.1, 0.15) is 0 Å². The Labute approximate surface area is 140 Å². The molecule has 5 aliphatic rings. The number of aliphatic hydroxyl groups excluding tert-OH is 1. The first-order chi connectivity index (χ1) is 10.8. The van der Waals surface area contributed by atoms with E-state index in [9.17, 15) is 5.11 Å². The van der Waals surface area contributed by atoms with Crippen LogP contribution in [0.3, 0.4) is 0 Å². The maximum atomic E-state index is 10.3. The fourth-order valence-electron chi connectivity index (χ4n) is 6.84. The molecule has 0 amide bonds. The van der Waals surface area contributed by atoms with Crippen molar-refractivity contribution in [2.75, 3.05) is 0 Å². The Morgan fingerprint density at radius 1 is 1.13 bits per heavy atom. The van der Waals surface area contributed by atoms with Crippen LogP contribution in [0.15, 0.2) is 23.3 Å². The van der Waals surface area contributed by atoms with E-state index in [4.69, 9.17) is 4.74 Å². The molecule has 5 rings (SSSR count). The first-order valence-corrected chi connectivity index (χ1v) is 9.61. The van der Waals surface area contributed by atoms with Gasteiger partial charge in [-0.3, -0.25) is 0 Å². The van der Waals surface area contributed by atoms with E-state index < -0.39 is 0 Å². The minimum absolute atomic E-state index is 0.0542. The summed E-state index contributed by atoms with van der Waals surface area (Å²) in [6.45, 7) is 7.43. The summed E-state index contributed by atoms with van der Waals surface area (Å²) in [5.74, 6) is 0.640. The van der Waals surface area contributed by atoms with Gasteiger partial charge in [-0.2, -0.15) is 0 Å². The molecule has 5 atom stereocenters. The minimum atomic E-state index is -0.178. The van der Waals surface area contributed by atoms with Crippen molar-refractivity contribution in [2.45, 2.75) is 89.4 Å². The SMILES string of the molecule is CC1(C)CC[C@@H]2[C@]1(C)CC=C1C=C3CC[C@@H](O)C[C@]34CC[C@@]12O4. The van der Waals surface area contributed by atoms with Crippen LogP contribution in [0, 0.1) is 16.7 Å². The average molecular weight is 314 g/mol. The molecule has 2 nitrogen and oxygen atoms in total. The lowest BCUT2D eigenvalue weighted by Gasteiger charge is -2.55. The Kier molecular flexibility index (Phi) is 2.65. The molecule has 1 saturated heterocycles. The van der Waals surface area contributed by atoms with Gasteiger partial charge in [0.15, 0.2) is 0 Å². The second-order valence-electron chi connectivity index (χ2n) is 9.81. The number of fused-ring (bicyclic) bond motifs is 1. The van der Waals surface area contributed by atoms with Crippen molar-refractivity contribution < 1.29 is 9.84 Å². The summed E-state index contributed by atoms with van der Waals surface area (Å²) in [5.41, 5.74) is 3.51. The highest BCUT2D eigenvalue weighted by Gasteiger charge is 2.67. The highest BCUT2D eigenvalue weighted by Crippen LogP contribution is 2.70. The molecule has 0 radical (unpaired) electrons. The third-order valence-corrected chi connectivity index (χ3v) is 8.68. The molecule has 23 heavy (non-hydrogen) atoms. The zero-order valence-electron chi connectivity index (χ0n) is 14.8. The summed E-state index contributed by atoms with van der Waals surface area (Å²) in [6.07, 6.45) is 13.6. The third kappa shape index (κ3) is 1.58. The highest BCUT2D eigenvalue weighted by atomic mass is 16.5. The number of rotatable bonds is 0. The Hall–Kier alpha value is -0.600. The summed E-state index contributed by atoms with van der Waals surface area (Å²) in [6, 6.07) is 0. The number of ether oxygens (including phenoxy) is 1. The van der Waals surface area contributed by atoms with Crippen LogP contribution in [-0.2, 0) is 4.74 Å². The van der Waals surface area contributed by atoms with E-state index in [0.29, 0.717) is 16.7 Å². The number of allylic oxidation sites excluding steroid dienone is 1. The molecule has 3 fully saturated rings. The van der Waals surface area contributed by atoms with Crippen molar-refractivity contribution in [3.8, 4) is 0 Å². The van der Waals surface area contributed by atoms with Crippen LogP contribution in [-0.4, -0.2) is 22.4 Å². The van der Waals surface area contributed by atoms with Crippen LogP contribution in [0.1, 0.15) is 72.1 Å². The maximum absolute atomic E-state index is 10.3. The van der Waals surface area contributed by atoms with Gasteiger partial charge < -0.3 is 9.84 Å². The molecule has 2 aliphatic heterocycles. The Bertz CT molecular complexity index is 630. The second kappa shape index (κ2) is 4.14. The lowest BCUT2D eigenvalue weighted by molar-refractivity contribution is -0.151. The Morgan fingerprint density at radius 2 is 1.96 bits per heavy atom. The molecule has 0 aromatic rings. The van der Waals surface area contributed by atoms with Crippen LogP contribution in [0.5, 0.6) is 0 Å². The molecule has 2 heterocycles. The molecular formula is C21H30O2. The van der Waals surface area contributed by atoms with Crippen molar-refractivity contribution in [1.82, 2.24) is 0 Å². The normalized spacial score (nSPS) is 53.0. The van der Waals surface area contributed by atoms with E-state index in [1.165, 1.54) is 30.4 Å². The molecule has 126 valence electrons. The quantitative estimate of drug-likeness (QED) is 0.711. The van der Waals surface area contributed by atoms with E-state index >= 15 is 0 Å². The second-order valence-corrected chi connectivity index (χ2v) is 9.81. The summed E-state index contributed by atoms with van der Waals surface area (Å²) in [4.78, 5) is 0. The average Bonchev–Trinajstić information content (AvgIpc) is 2.92. The van der Waals surface area contributed by atoms with Gasteiger partial charge in [0.05, 0.1) is 17.3 Å². The monoisotopic (exact) mass is 314 g/mol. The van der Waals surface area contributed by atoms with Crippen LogP contribution in [0.2, 0.25) is 0 Å². The predicted octanol–water partition coefficient (Wildman–Crippen LogP) is 4.53. The van der Waals surface area contributed by atoms with Gasteiger partial charge in [-0.25, -0.2) is 0 Å². The van der Waals surface area contributed by atoms with Crippen molar-refractivity contribution in [2.24, 2.45) is 16.7 Å². The standard InChI is InChI=1S/C21H30O2/c1-18(2)8-7-17-19(18,3)9-6-15-12-14-4-5-16(22)13-20(14)10-11-21(15,17)23-20/h6,12,16-17,22H,4-5,7-11,13H2,1-3H3/t16-,17-,19+,20-,21-/m1/s1. The lowest BCUT2D eigenvalue weighted by atomic mass is 9.55. The van der Waals surface area contributed by atoms with E-state index in [0.717, 1.165) is 32.1 Å². The molecule has 1 N–H and O–H groups in total. The molecule has 0 aromatic carbocycles. The first kappa shape index (κ1) is 14.7. The van der Waals surface area contributed by atoms with Crippen molar-refractivity contribution in [3.05, 3.63) is 23.3 Å². The van der Waals surface area contributed by atoms with Gasteiger partial charge in [0.25, 0.3) is 0 Å². The Balaban J connectivity index is 1.65. The Morgan fingerprint density at radius 3 is 2.78 bits per heavy atom. The van der Waals surface area contributed by atoms with Crippen molar-refractivity contribution in [3.63, 3.8) is 0 Å². The zero-order chi connectivity index (χ0) is 16.1. The lowest BCUT2D eigenvalue weighted by Crippen LogP contribution is -2.55. The number of hydrogen-bond acceptors (Lipinski definition) is 2. The van der Waals surface area contributed by atoms with Gasteiger partial charge in [0, 0.05) is 6.42 Å². The fourth-order valence-corrected chi connectivity index (χ4v) is 6.84. The van der Waals surface area contributed by atoms with E-state index in [1.807, 2.05) is 0 Å². The smallest absolute Gasteiger partial charge is 0.0974 e. The number of aliphatic hydroxyl groups is 1. The first-order valence-electron chi connectivity index (χ1n) is 9.61. The summed E-state index contributed by atoms with van der Waals surface area (Å²) >= 11 is 0. The molecule has 2 heteroatoms. The predicted molar refractivity (Wildman–Crippen MR) is 91.0 cm³/mol. The zero-order valence-corrected chi connectivity index (χ0v) is 14.8. The summed E-state index contributed by atoms with van der Waals surface area (Å²) in [7, 11) is 0. The van der Waals surface area contributed by atoms with Gasteiger partial charge in [-0.05, 0) is 72.8 Å². The molecule has 2 saturated carbocycles. The van der Waals surface area contributed by atoms with Gasteiger partial charge in [-0.15, -0.1) is 0 Å². The van der Waals surface area contributed by atoms with Crippen LogP contribution < -0.4 is 0 Å². The maximum Gasteiger partial charge on any atom is 0.0974 e. The molecule has 2 bridgehead atoms. The molecule has 0 unspecified atom stereocenters. The van der Waals surface area contributed by atoms with Crippen molar-refractivity contribution in [1.29, 1.82) is 0 Å². The van der Waals surface area contributed by atoms with Gasteiger partial charge in [-0.1, -0.05) is 32.9 Å². The topological polar surface area (TPSA) is 29.5 Å². The third-order valence-electron chi connectivity index (χ3n) is 8.68. The minimum Gasteiger partial charge on any atom is -0.393 e. The molecule has 2 spiro atoms. The molecule has 0 aromatic heterocycles. The van der Waals surface area contributed by atoms with E-state index in [1.54, 1.807) is 0 Å². The fraction of sp³-hybridized carbons (Fsp3) is 0.810. The highest BCUT2D eigenvalue weighted by molar-refractivity contribution is 5.47. The number of hydrogen-bond donors (Lipinski definition) is 1.